The summed E-state index contributed by atoms with van der Waals surface area (Å²) in [6, 6.07) is 8.02. The number of rotatable bonds is 1. The van der Waals surface area contributed by atoms with Crippen LogP contribution in [-0.2, 0) is 0 Å². The molecule has 0 radical (unpaired) electrons. The van der Waals surface area contributed by atoms with Crippen molar-refractivity contribution >= 4 is 21.6 Å². The summed E-state index contributed by atoms with van der Waals surface area (Å²) in [4.78, 5) is 2.20. The minimum atomic E-state index is -0.572. The van der Waals surface area contributed by atoms with Gasteiger partial charge in [0.25, 0.3) is 0 Å². The summed E-state index contributed by atoms with van der Waals surface area (Å²) in [6.45, 7) is 3.58. The fourth-order valence-electron chi connectivity index (χ4n) is 2.38. The zero-order valence-electron chi connectivity index (χ0n) is 10.5. The number of hydrogen-bond donors (Lipinski definition) is 1. The Labute approximate surface area is 116 Å². The maximum atomic E-state index is 10.1. The van der Waals surface area contributed by atoms with Gasteiger partial charge in [0, 0.05) is 17.6 Å². The molecule has 4 heteroatoms. The quantitative estimate of drug-likeness (QED) is 0.867. The number of nitriles is 1. The lowest BCUT2D eigenvalue weighted by Gasteiger charge is -2.25. The molecular formula is C14H17BrN2O. The number of benzene rings is 1. The molecule has 1 aliphatic rings. The first-order chi connectivity index (χ1) is 8.52. The van der Waals surface area contributed by atoms with Crippen LogP contribution >= 0.6 is 15.9 Å². The number of anilines is 1. The molecule has 1 atom stereocenters. The highest BCUT2D eigenvalue weighted by Crippen LogP contribution is 2.28. The van der Waals surface area contributed by atoms with Crippen LogP contribution in [0, 0.1) is 11.3 Å². The highest BCUT2D eigenvalue weighted by atomic mass is 79.9. The van der Waals surface area contributed by atoms with Crippen LogP contribution < -0.4 is 4.90 Å². The van der Waals surface area contributed by atoms with E-state index in [-0.39, 0.29) is 0 Å². The maximum absolute atomic E-state index is 10.1. The molecule has 1 saturated heterocycles. The molecule has 1 unspecified atom stereocenters. The molecule has 1 aliphatic heterocycles. The van der Waals surface area contributed by atoms with E-state index in [2.05, 4.69) is 26.9 Å². The minimum absolute atomic E-state index is 0.572. The average Bonchev–Trinajstić information content (AvgIpc) is 2.50. The van der Waals surface area contributed by atoms with Gasteiger partial charge in [0.1, 0.15) is 6.07 Å². The number of nitrogens with zero attached hydrogens (tertiary/aromatic N) is 2. The van der Waals surface area contributed by atoms with Gasteiger partial charge >= 0.3 is 0 Å². The van der Waals surface area contributed by atoms with Crippen molar-refractivity contribution in [1.82, 2.24) is 0 Å². The molecular weight excluding hydrogens is 292 g/mol. The molecule has 2 rings (SSSR count). The van der Waals surface area contributed by atoms with Crippen LogP contribution in [-0.4, -0.2) is 23.8 Å². The largest absolute Gasteiger partial charge is 0.390 e. The van der Waals surface area contributed by atoms with E-state index in [0.29, 0.717) is 5.56 Å². The molecule has 1 fully saturated rings. The lowest BCUT2D eigenvalue weighted by Crippen LogP contribution is -2.28. The average molecular weight is 309 g/mol. The van der Waals surface area contributed by atoms with E-state index in [1.807, 2.05) is 25.1 Å². The SMILES string of the molecule is CC1(O)CCCN(c2ccc(Br)cc2C#N)CC1. The molecule has 3 nitrogen and oxygen atoms in total. The molecule has 0 aromatic heterocycles. The normalized spacial score (nSPS) is 24.4. The van der Waals surface area contributed by atoms with Crippen molar-refractivity contribution in [3.05, 3.63) is 28.2 Å². The summed E-state index contributed by atoms with van der Waals surface area (Å²) < 4.78 is 0.921. The van der Waals surface area contributed by atoms with Gasteiger partial charge in [0.05, 0.1) is 16.9 Å². The third kappa shape index (κ3) is 3.04. The van der Waals surface area contributed by atoms with E-state index in [1.165, 1.54) is 0 Å². The van der Waals surface area contributed by atoms with Crippen LogP contribution in [0.3, 0.4) is 0 Å². The summed E-state index contributed by atoms with van der Waals surface area (Å²) in [5.74, 6) is 0. The van der Waals surface area contributed by atoms with E-state index in [4.69, 9.17) is 0 Å². The van der Waals surface area contributed by atoms with Crippen molar-refractivity contribution in [2.75, 3.05) is 18.0 Å². The zero-order valence-corrected chi connectivity index (χ0v) is 12.1. The van der Waals surface area contributed by atoms with Crippen molar-refractivity contribution < 1.29 is 5.11 Å². The fraction of sp³-hybridized carbons (Fsp3) is 0.500. The minimum Gasteiger partial charge on any atom is -0.390 e. The van der Waals surface area contributed by atoms with E-state index in [0.717, 1.165) is 42.5 Å². The second-order valence-electron chi connectivity index (χ2n) is 5.11. The molecule has 0 amide bonds. The van der Waals surface area contributed by atoms with Crippen molar-refractivity contribution in [3.63, 3.8) is 0 Å². The Morgan fingerprint density at radius 3 is 2.89 bits per heavy atom. The fourth-order valence-corrected chi connectivity index (χ4v) is 2.74. The first-order valence-corrected chi connectivity index (χ1v) is 6.98. The standard InChI is InChI=1S/C14H17BrN2O/c1-14(18)5-2-7-17(8-6-14)13-4-3-12(15)9-11(13)10-16/h3-4,9,18H,2,5-8H2,1H3. The number of aliphatic hydroxyl groups is 1. The van der Waals surface area contributed by atoms with Gasteiger partial charge in [-0.25, -0.2) is 0 Å². The van der Waals surface area contributed by atoms with Crippen LogP contribution in [0.5, 0.6) is 0 Å². The smallest absolute Gasteiger partial charge is 0.101 e. The van der Waals surface area contributed by atoms with Crippen molar-refractivity contribution in [2.24, 2.45) is 0 Å². The zero-order chi connectivity index (χ0) is 13.2. The van der Waals surface area contributed by atoms with E-state index < -0.39 is 5.60 Å². The molecule has 18 heavy (non-hydrogen) atoms. The molecule has 0 aliphatic carbocycles. The monoisotopic (exact) mass is 308 g/mol. The van der Waals surface area contributed by atoms with Crippen molar-refractivity contribution in [2.45, 2.75) is 31.8 Å². The molecule has 1 aromatic rings. The van der Waals surface area contributed by atoms with Gasteiger partial charge < -0.3 is 10.0 Å². The van der Waals surface area contributed by atoms with Gasteiger partial charge in [-0.05, 0) is 44.4 Å². The molecule has 0 saturated carbocycles. The Kier molecular flexibility index (Phi) is 3.94. The molecule has 0 spiro atoms. The Balaban J connectivity index is 2.24. The van der Waals surface area contributed by atoms with Crippen LogP contribution in [0.15, 0.2) is 22.7 Å². The third-order valence-electron chi connectivity index (χ3n) is 3.48. The Bertz CT molecular complexity index is 479. The second kappa shape index (κ2) is 5.29. The summed E-state index contributed by atoms with van der Waals surface area (Å²) in [5, 5.41) is 19.3. The van der Waals surface area contributed by atoms with Crippen molar-refractivity contribution in [3.8, 4) is 6.07 Å². The Hall–Kier alpha value is -1.05. The topological polar surface area (TPSA) is 47.3 Å². The van der Waals surface area contributed by atoms with E-state index in [1.54, 1.807) is 0 Å². The van der Waals surface area contributed by atoms with Gasteiger partial charge in [0.15, 0.2) is 0 Å². The summed E-state index contributed by atoms with van der Waals surface area (Å²) in [6.07, 6.45) is 2.52. The Morgan fingerprint density at radius 1 is 1.39 bits per heavy atom. The second-order valence-corrected chi connectivity index (χ2v) is 6.03. The van der Waals surface area contributed by atoms with E-state index in [9.17, 15) is 10.4 Å². The van der Waals surface area contributed by atoms with Gasteiger partial charge in [-0.15, -0.1) is 0 Å². The van der Waals surface area contributed by atoms with Gasteiger partial charge in [-0.2, -0.15) is 5.26 Å². The lowest BCUT2D eigenvalue weighted by atomic mass is 9.98. The summed E-state index contributed by atoms with van der Waals surface area (Å²) in [7, 11) is 0. The van der Waals surface area contributed by atoms with Crippen molar-refractivity contribution in [1.29, 1.82) is 5.26 Å². The van der Waals surface area contributed by atoms with Crippen LogP contribution in [0.1, 0.15) is 31.7 Å². The lowest BCUT2D eigenvalue weighted by molar-refractivity contribution is 0.0481. The number of halogens is 1. The first-order valence-electron chi connectivity index (χ1n) is 6.19. The molecule has 1 N–H and O–H groups in total. The molecule has 1 aromatic carbocycles. The van der Waals surface area contributed by atoms with E-state index >= 15 is 0 Å². The van der Waals surface area contributed by atoms with Crippen LogP contribution in [0.25, 0.3) is 0 Å². The number of hydrogen-bond acceptors (Lipinski definition) is 3. The van der Waals surface area contributed by atoms with Crippen LogP contribution in [0.4, 0.5) is 5.69 Å². The Morgan fingerprint density at radius 2 is 2.17 bits per heavy atom. The van der Waals surface area contributed by atoms with Gasteiger partial charge in [-0.3, -0.25) is 0 Å². The predicted octanol–water partition coefficient (Wildman–Crippen LogP) is 3.06. The maximum Gasteiger partial charge on any atom is 0.101 e. The van der Waals surface area contributed by atoms with Gasteiger partial charge in [0.2, 0.25) is 0 Å². The summed E-state index contributed by atoms with van der Waals surface area (Å²) >= 11 is 3.39. The first kappa shape index (κ1) is 13.4. The predicted molar refractivity (Wildman–Crippen MR) is 75.5 cm³/mol. The molecule has 0 bridgehead atoms. The highest BCUT2D eigenvalue weighted by Gasteiger charge is 2.25. The van der Waals surface area contributed by atoms with Gasteiger partial charge in [-0.1, -0.05) is 15.9 Å². The van der Waals surface area contributed by atoms with Crippen LogP contribution in [0.2, 0.25) is 0 Å². The highest BCUT2D eigenvalue weighted by molar-refractivity contribution is 9.10. The molecule has 1 heterocycles. The third-order valence-corrected chi connectivity index (χ3v) is 3.98. The summed E-state index contributed by atoms with van der Waals surface area (Å²) in [5.41, 5.74) is 1.08. The molecule has 96 valence electrons.